The van der Waals surface area contributed by atoms with Gasteiger partial charge in [-0.1, -0.05) is 48.5 Å². The van der Waals surface area contributed by atoms with Crippen molar-refractivity contribution in [1.29, 1.82) is 0 Å². The summed E-state index contributed by atoms with van der Waals surface area (Å²) in [4.78, 5) is 26.1. The Hall–Kier alpha value is -2.42. The van der Waals surface area contributed by atoms with Crippen molar-refractivity contribution in [2.75, 3.05) is 0 Å². The van der Waals surface area contributed by atoms with Crippen molar-refractivity contribution in [1.82, 2.24) is 0 Å². The van der Waals surface area contributed by atoms with E-state index < -0.39 is 10.8 Å². The first-order valence-corrected chi connectivity index (χ1v) is 10.0. The standard InChI is InChI=1S/C24H22O3/c25-21-23-11-17-7-3-4-8-18(17)12-24(23,22(26)27-21)14-20-10-16-6-2-1-5-15(16)9-19(20)13-23/h1-8,19-20H,9-14H2. The van der Waals surface area contributed by atoms with Crippen LogP contribution in [-0.4, -0.2) is 11.9 Å². The van der Waals surface area contributed by atoms with Crippen LogP contribution >= 0.6 is 0 Å². The van der Waals surface area contributed by atoms with Crippen molar-refractivity contribution in [2.24, 2.45) is 22.7 Å². The van der Waals surface area contributed by atoms with Crippen LogP contribution in [0.2, 0.25) is 0 Å². The molecule has 1 saturated heterocycles. The third-order valence-corrected chi connectivity index (χ3v) is 7.96. The van der Waals surface area contributed by atoms with E-state index in [9.17, 15) is 9.59 Å². The molecule has 2 aromatic rings. The van der Waals surface area contributed by atoms with Crippen molar-refractivity contribution < 1.29 is 14.3 Å². The lowest BCUT2D eigenvalue weighted by Crippen LogP contribution is -2.57. The molecule has 4 aliphatic rings. The zero-order valence-electron chi connectivity index (χ0n) is 15.2. The smallest absolute Gasteiger partial charge is 0.321 e. The number of rotatable bonds is 0. The van der Waals surface area contributed by atoms with E-state index in [-0.39, 0.29) is 11.9 Å². The number of carbonyl (C=O) groups excluding carboxylic acids is 2. The minimum Gasteiger partial charge on any atom is -0.392 e. The zero-order chi connectivity index (χ0) is 18.2. The van der Waals surface area contributed by atoms with Gasteiger partial charge in [-0.3, -0.25) is 9.59 Å². The van der Waals surface area contributed by atoms with E-state index in [1.807, 2.05) is 12.1 Å². The van der Waals surface area contributed by atoms with Crippen LogP contribution in [0.5, 0.6) is 0 Å². The summed E-state index contributed by atoms with van der Waals surface area (Å²) in [6, 6.07) is 17.0. The number of ether oxygens (including phenoxy) is 1. The van der Waals surface area contributed by atoms with Gasteiger partial charge in [0, 0.05) is 0 Å². The molecule has 0 bridgehead atoms. The number of fused-ring (bicyclic) bond motifs is 3. The molecule has 2 aromatic carbocycles. The molecule has 4 unspecified atom stereocenters. The second kappa shape index (κ2) is 5.09. The van der Waals surface area contributed by atoms with Gasteiger partial charge in [0.1, 0.15) is 0 Å². The first-order valence-electron chi connectivity index (χ1n) is 10.0. The minimum atomic E-state index is -0.661. The summed E-state index contributed by atoms with van der Waals surface area (Å²) in [7, 11) is 0. The van der Waals surface area contributed by atoms with E-state index >= 15 is 0 Å². The summed E-state index contributed by atoms with van der Waals surface area (Å²) >= 11 is 0. The van der Waals surface area contributed by atoms with Gasteiger partial charge in [0.2, 0.25) is 0 Å². The van der Waals surface area contributed by atoms with E-state index in [4.69, 9.17) is 4.74 Å². The van der Waals surface area contributed by atoms with Crippen molar-refractivity contribution in [3.63, 3.8) is 0 Å². The maximum atomic E-state index is 13.1. The quantitative estimate of drug-likeness (QED) is 0.533. The molecule has 0 amide bonds. The topological polar surface area (TPSA) is 43.4 Å². The fourth-order valence-corrected chi connectivity index (χ4v) is 6.63. The SMILES string of the molecule is O=C1OC(=O)C23Cc4ccccc4CC12CC1Cc2ccccc2CC1C3. The summed E-state index contributed by atoms with van der Waals surface area (Å²) in [6.45, 7) is 0. The van der Waals surface area contributed by atoms with Gasteiger partial charge in [-0.05, 0) is 72.6 Å². The highest BCUT2D eigenvalue weighted by molar-refractivity contribution is 6.03. The predicted octanol–water partition coefficient (Wildman–Crippen LogP) is 3.67. The third-order valence-electron chi connectivity index (χ3n) is 7.96. The van der Waals surface area contributed by atoms with Crippen molar-refractivity contribution in [2.45, 2.75) is 38.5 Å². The van der Waals surface area contributed by atoms with Gasteiger partial charge in [0.15, 0.2) is 0 Å². The molecule has 1 aliphatic heterocycles. The van der Waals surface area contributed by atoms with Gasteiger partial charge >= 0.3 is 11.9 Å². The summed E-state index contributed by atoms with van der Waals surface area (Å²) in [6.07, 6.45) is 4.90. The monoisotopic (exact) mass is 358 g/mol. The Morgan fingerprint density at radius 1 is 0.667 bits per heavy atom. The molecule has 27 heavy (non-hydrogen) atoms. The van der Waals surface area contributed by atoms with Gasteiger partial charge in [0.05, 0.1) is 10.8 Å². The van der Waals surface area contributed by atoms with Crippen LogP contribution in [0.1, 0.15) is 35.1 Å². The molecule has 0 aromatic heterocycles. The van der Waals surface area contributed by atoms with Crippen LogP contribution in [0, 0.1) is 22.7 Å². The van der Waals surface area contributed by atoms with Crippen molar-refractivity contribution in [3.05, 3.63) is 70.8 Å². The Morgan fingerprint density at radius 2 is 1.07 bits per heavy atom. The largest absolute Gasteiger partial charge is 0.392 e. The lowest BCUT2D eigenvalue weighted by Gasteiger charge is -2.54. The maximum Gasteiger partial charge on any atom is 0.321 e. The molecule has 0 spiro atoms. The summed E-state index contributed by atoms with van der Waals surface area (Å²) in [5, 5.41) is 0. The Morgan fingerprint density at radius 3 is 1.52 bits per heavy atom. The van der Waals surface area contributed by atoms with E-state index in [1.165, 1.54) is 22.3 Å². The summed E-state index contributed by atoms with van der Waals surface area (Å²) < 4.78 is 5.37. The lowest BCUT2D eigenvalue weighted by atomic mass is 9.45. The first kappa shape index (κ1) is 15.6. The van der Waals surface area contributed by atoms with Crippen LogP contribution in [0.3, 0.4) is 0 Å². The fourth-order valence-electron chi connectivity index (χ4n) is 6.63. The number of cyclic esters (lactones) is 2. The van der Waals surface area contributed by atoms with Gasteiger partial charge in [-0.15, -0.1) is 0 Å². The fraction of sp³-hybridized carbons (Fsp3) is 0.417. The molecule has 6 rings (SSSR count). The van der Waals surface area contributed by atoms with Crippen LogP contribution in [0.4, 0.5) is 0 Å². The molecule has 1 saturated carbocycles. The van der Waals surface area contributed by atoms with Crippen LogP contribution in [-0.2, 0) is 40.0 Å². The Kier molecular flexibility index (Phi) is 2.95. The molecule has 2 fully saturated rings. The molecular weight excluding hydrogens is 336 g/mol. The second-order valence-corrected chi connectivity index (χ2v) is 9.07. The Bertz CT molecular complexity index is 915. The van der Waals surface area contributed by atoms with E-state index in [1.54, 1.807) is 0 Å². The van der Waals surface area contributed by atoms with Crippen molar-refractivity contribution in [3.8, 4) is 0 Å². The number of hydrogen-bond donors (Lipinski definition) is 0. The van der Waals surface area contributed by atoms with Crippen LogP contribution < -0.4 is 0 Å². The number of benzene rings is 2. The molecule has 0 N–H and O–H groups in total. The second-order valence-electron chi connectivity index (χ2n) is 9.07. The number of hydrogen-bond acceptors (Lipinski definition) is 3. The van der Waals surface area contributed by atoms with Crippen molar-refractivity contribution >= 4 is 11.9 Å². The van der Waals surface area contributed by atoms with E-state index in [0.29, 0.717) is 24.7 Å². The van der Waals surface area contributed by atoms with Gasteiger partial charge in [0.25, 0.3) is 0 Å². The summed E-state index contributed by atoms with van der Waals surface area (Å²) in [5.41, 5.74) is 3.94. The highest BCUT2D eigenvalue weighted by Gasteiger charge is 2.72. The number of carbonyl (C=O) groups is 2. The predicted molar refractivity (Wildman–Crippen MR) is 99.9 cm³/mol. The minimum absolute atomic E-state index is 0.265. The highest BCUT2D eigenvalue weighted by Crippen LogP contribution is 2.65. The average molecular weight is 358 g/mol. The molecule has 0 radical (unpaired) electrons. The Labute approximate surface area is 158 Å². The molecule has 4 atom stereocenters. The van der Waals surface area contributed by atoms with E-state index in [2.05, 4.69) is 36.4 Å². The lowest BCUT2D eigenvalue weighted by molar-refractivity contribution is -0.155. The van der Waals surface area contributed by atoms with Crippen LogP contribution in [0.15, 0.2) is 48.5 Å². The molecule has 3 nitrogen and oxygen atoms in total. The molecule has 1 heterocycles. The number of esters is 2. The van der Waals surface area contributed by atoms with Gasteiger partial charge in [-0.25, -0.2) is 0 Å². The van der Waals surface area contributed by atoms with E-state index in [0.717, 1.165) is 25.7 Å². The zero-order valence-corrected chi connectivity index (χ0v) is 15.2. The normalized spacial score (nSPS) is 36.0. The van der Waals surface area contributed by atoms with Gasteiger partial charge in [-0.2, -0.15) is 0 Å². The molecule has 3 heteroatoms. The average Bonchev–Trinajstić information content (AvgIpc) is 2.88. The molecular formula is C24H22O3. The maximum absolute atomic E-state index is 13.1. The molecule has 136 valence electrons. The Balaban J connectivity index is 1.49. The highest BCUT2D eigenvalue weighted by atomic mass is 16.6. The van der Waals surface area contributed by atoms with Crippen LogP contribution in [0.25, 0.3) is 0 Å². The summed E-state index contributed by atoms with van der Waals surface area (Å²) in [5.74, 6) is 0.382. The van der Waals surface area contributed by atoms with Gasteiger partial charge < -0.3 is 4.74 Å². The first-order chi connectivity index (χ1) is 13.1. The third kappa shape index (κ3) is 1.87. The molecule has 3 aliphatic carbocycles.